The summed E-state index contributed by atoms with van der Waals surface area (Å²) in [4.78, 5) is -0.0941. The maximum Gasteiger partial charge on any atom is 0.270 e. The van der Waals surface area contributed by atoms with Gasteiger partial charge in [0.05, 0.1) is 4.90 Å². The van der Waals surface area contributed by atoms with Crippen LogP contribution in [-0.4, -0.2) is 26.3 Å². The predicted octanol–water partition coefficient (Wildman–Crippen LogP) is 2.75. The van der Waals surface area contributed by atoms with Gasteiger partial charge < -0.3 is 0 Å². The summed E-state index contributed by atoms with van der Waals surface area (Å²) in [6.07, 6.45) is 0. The average molecular weight is 277 g/mol. The molecule has 0 saturated heterocycles. The van der Waals surface area contributed by atoms with Crippen LogP contribution in [0.1, 0.15) is 25.0 Å². The summed E-state index contributed by atoms with van der Waals surface area (Å²) in [5, 5.41) is 0. The number of rotatable bonds is 4. The summed E-state index contributed by atoms with van der Waals surface area (Å²) < 4.78 is 51.8. The second-order valence-corrected chi connectivity index (χ2v) is 6.39. The van der Waals surface area contributed by atoms with Crippen molar-refractivity contribution in [2.75, 3.05) is 13.6 Å². The van der Waals surface area contributed by atoms with Crippen LogP contribution in [0, 0.1) is 6.92 Å². The van der Waals surface area contributed by atoms with Crippen LogP contribution in [0.15, 0.2) is 23.1 Å². The third-order valence-electron chi connectivity index (χ3n) is 2.71. The van der Waals surface area contributed by atoms with E-state index in [1.54, 1.807) is 13.8 Å². The molecule has 1 rings (SSSR count). The molecule has 6 heteroatoms. The fraction of sp³-hybridized carbons (Fsp3) is 0.500. The smallest absolute Gasteiger partial charge is 0.207 e. The first-order valence-corrected chi connectivity index (χ1v) is 6.99. The first-order chi connectivity index (χ1) is 8.09. The lowest BCUT2D eigenvalue weighted by Gasteiger charge is -2.18. The van der Waals surface area contributed by atoms with Gasteiger partial charge in [-0.05, 0) is 24.6 Å². The van der Waals surface area contributed by atoms with Gasteiger partial charge in [0.1, 0.15) is 0 Å². The van der Waals surface area contributed by atoms with Gasteiger partial charge in [0, 0.05) is 26.1 Å². The molecule has 0 aromatic heterocycles. The molecule has 102 valence electrons. The summed E-state index contributed by atoms with van der Waals surface area (Å²) in [6.45, 7) is 4.32. The third kappa shape index (κ3) is 3.05. The molecule has 3 nitrogen and oxygen atoms in total. The molecule has 18 heavy (non-hydrogen) atoms. The highest BCUT2D eigenvalue weighted by Crippen LogP contribution is 2.30. The van der Waals surface area contributed by atoms with Crippen LogP contribution in [0.25, 0.3) is 0 Å². The van der Waals surface area contributed by atoms with Crippen molar-refractivity contribution in [1.82, 2.24) is 4.31 Å². The zero-order chi connectivity index (χ0) is 14.1. The molecule has 0 saturated carbocycles. The van der Waals surface area contributed by atoms with Crippen molar-refractivity contribution >= 4 is 10.0 Å². The number of hydrogen-bond donors (Lipinski definition) is 0. The van der Waals surface area contributed by atoms with E-state index in [2.05, 4.69) is 0 Å². The Hall–Kier alpha value is -1.01. The van der Waals surface area contributed by atoms with Crippen molar-refractivity contribution in [3.63, 3.8) is 0 Å². The Morgan fingerprint density at radius 1 is 1.28 bits per heavy atom. The highest BCUT2D eigenvalue weighted by atomic mass is 32.2. The van der Waals surface area contributed by atoms with Crippen LogP contribution in [0.3, 0.4) is 0 Å². The monoisotopic (exact) mass is 277 g/mol. The van der Waals surface area contributed by atoms with E-state index in [1.807, 2.05) is 0 Å². The number of halogens is 2. The maximum atomic E-state index is 13.3. The zero-order valence-corrected chi connectivity index (χ0v) is 11.7. The van der Waals surface area contributed by atoms with E-state index in [4.69, 9.17) is 0 Å². The lowest BCUT2D eigenvalue weighted by Crippen LogP contribution is -2.27. The molecule has 0 atom stereocenters. The Kier molecular flexibility index (Phi) is 4.12. The van der Waals surface area contributed by atoms with Gasteiger partial charge >= 0.3 is 0 Å². The van der Waals surface area contributed by atoms with Crippen LogP contribution in [0.2, 0.25) is 0 Å². The second kappa shape index (κ2) is 4.93. The second-order valence-electron chi connectivity index (χ2n) is 4.34. The molecule has 0 N–H and O–H groups in total. The van der Waals surface area contributed by atoms with E-state index in [-0.39, 0.29) is 17.0 Å². The quantitative estimate of drug-likeness (QED) is 0.848. The van der Waals surface area contributed by atoms with Crippen LogP contribution < -0.4 is 0 Å². The molecular weight excluding hydrogens is 260 g/mol. The number of sulfonamides is 1. The fourth-order valence-corrected chi connectivity index (χ4v) is 2.81. The fourth-order valence-electron chi connectivity index (χ4n) is 1.50. The number of hydrogen-bond acceptors (Lipinski definition) is 2. The van der Waals surface area contributed by atoms with Gasteiger partial charge in [-0.25, -0.2) is 21.5 Å². The normalized spacial score (nSPS) is 13.1. The zero-order valence-electron chi connectivity index (χ0n) is 10.9. The molecule has 0 heterocycles. The summed E-state index contributed by atoms with van der Waals surface area (Å²) >= 11 is 0. The van der Waals surface area contributed by atoms with Gasteiger partial charge in [0.25, 0.3) is 5.92 Å². The van der Waals surface area contributed by atoms with E-state index in [0.717, 1.165) is 17.3 Å². The van der Waals surface area contributed by atoms with E-state index < -0.39 is 15.9 Å². The minimum atomic E-state index is -3.69. The van der Waals surface area contributed by atoms with Crippen LogP contribution in [0.5, 0.6) is 0 Å². The minimum Gasteiger partial charge on any atom is -0.207 e. The Bertz CT molecular complexity index is 535. The minimum absolute atomic E-state index is 0.0941. The Morgan fingerprint density at radius 3 is 2.28 bits per heavy atom. The van der Waals surface area contributed by atoms with Gasteiger partial charge in [0.2, 0.25) is 10.0 Å². The van der Waals surface area contributed by atoms with Crippen molar-refractivity contribution in [3.05, 3.63) is 29.3 Å². The predicted molar refractivity (Wildman–Crippen MR) is 66.2 cm³/mol. The van der Waals surface area contributed by atoms with Crippen molar-refractivity contribution < 1.29 is 17.2 Å². The summed E-state index contributed by atoms with van der Waals surface area (Å²) in [7, 11) is -2.28. The molecule has 1 aromatic rings. The molecule has 0 fully saturated rings. The topological polar surface area (TPSA) is 37.4 Å². The van der Waals surface area contributed by atoms with Crippen molar-refractivity contribution in [2.24, 2.45) is 0 Å². The largest absolute Gasteiger partial charge is 0.270 e. The molecular formula is C12H17F2NO2S. The highest BCUT2D eigenvalue weighted by molar-refractivity contribution is 7.89. The molecule has 0 spiro atoms. The summed E-state index contributed by atoms with van der Waals surface area (Å²) in [5.74, 6) is -3.05. The molecule has 1 aromatic carbocycles. The number of aryl methyl sites for hydroxylation is 1. The molecule has 0 radical (unpaired) electrons. The van der Waals surface area contributed by atoms with Crippen molar-refractivity contribution in [2.45, 2.75) is 31.6 Å². The van der Waals surface area contributed by atoms with Crippen molar-refractivity contribution in [3.8, 4) is 0 Å². The van der Waals surface area contributed by atoms with Crippen molar-refractivity contribution in [1.29, 1.82) is 0 Å². The van der Waals surface area contributed by atoms with Gasteiger partial charge in [0.15, 0.2) is 0 Å². The van der Waals surface area contributed by atoms with Gasteiger partial charge in [-0.2, -0.15) is 0 Å². The molecule has 0 bridgehead atoms. The summed E-state index contributed by atoms with van der Waals surface area (Å²) in [6, 6.07) is 3.73. The number of nitrogens with zero attached hydrogens (tertiary/aromatic N) is 1. The van der Waals surface area contributed by atoms with Crippen LogP contribution >= 0.6 is 0 Å². The molecule has 0 aliphatic carbocycles. The first-order valence-electron chi connectivity index (χ1n) is 5.55. The third-order valence-corrected chi connectivity index (χ3v) is 4.62. The number of benzene rings is 1. The first kappa shape index (κ1) is 15.0. The van der Waals surface area contributed by atoms with Gasteiger partial charge in [-0.3, -0.25) is 0 Å². The van der Waals surface area contributed by atoms with E-state index in [0.29, 0.717) is 5.56 Å². The molecule has 0 amide bonds. The lowest BCUT2D eigenvalue weighted by molar-refractivity contribution is 0.0172. The highest BCUT2D eigenvalue weighted by Gasteiger charge is 2.28. The summed E-state index contributed by atoms with van der Waals surface area (Å²) in [5.41, 5.74) is 0.211. The maximum absolute atomic E-state index is 13.3. The molecule has 0 aliphatic heterocycles. The average Bonchev–Trinajstić information content (AvgIpc) is 2.25. The molecule has 0 unspecified atom stereocenters. The lowest BCUT2D eigenvalue weighted by atomic mass is 10.1. The van der Waals surface area contributed by atoms with E-state index in [9.17, 15) is 17.2 Å². The Morgan fingerprint density at radius 2 is 1.83 bits per heavy atom. The Labute approximate surface area is 106 Å². The van der Waals surface area contributed by atoms with E-state index >= 15 is 0 Å². The standard InChI is InChI=1S/C12H17F2NO2S/c1-5-15(4)18(16,17)11-7-9(2)6-10(8-11)12(3,13)14/h6-8H,5H2,1-4H3. The number of alkyl halides is 2. The molecule has 0 aliphatic rings. The van der Waals surface area contributed by atoms with Gasteiger partial charge in [-0.1, -0.05) is 13.0 Å². The van der Waals surface area contributed by atoms with Crippen LogP contribution in [0.4, 0.5) is 8.78 Å². The van der Waals surface area contributed by atoms with Gasteiger partial charge in [-0.15, -0.1) is 0 Å². The SMILES string of the molecule is CCN(C)S(=O)(=O)c1cc(C)cc(C(C)(F)F)c1. The van der Waals surface area contributed by atoms with Crippen LogP contribution in [-0.2, 0) is 15.9 Å². The van der Waals surface area contributed by atoms with E-state index in [1.165, 1.54) is 19.2 Å². The Balaban J connectivity index is 3.40.